The first-order valence-corrected chi connectivity index (χ1v) is 5.76. The molecule has 0 saturated carbocycles. The molecule has 0 N–H and O–H groups in total. The second-order valence-corrected chi connectivity index (χ2v) is 4.03. The zero-order chi connectivity index (χ0) is 12.3. The number of halogens is 2. The van der Waals surface area contributed by atoms with Crippen LogP contribution in [0.5, 0.6) is 0 Å². The molecule has 0 amide bonds. The minimum absolute atomic E-state index is 0.319. The first kappa shape index (κ1) is 12.3. The van der Waals surface area contributed by atoms with Crippen LogP contribution in [0.1, 0.15) is 12.7 Å². The van der Waals surface area contributed by atoms with Crippen LogP contribution in [0.2, 0.25) is 10.2 Å². The maximum Gasteiger partial charge on any atom is 0.158 e. The smallest absolute Gasteiger partial charge is 0.158 e. The molecule has 2 rings (SSSR count). The average molecular weight is 273 g/mol. The molecule has 0 aliphatic carbocycles. The summed E-state index contributed by atoms with van der Waals surface area (Å²) in [5.41, 5.74) is 0. The second kappa shape index (κ2) is 5.44. The van der Waals surface area contributed by atoms with Crippen LogP contribution in [0.4, 0.5) is 0 Å². The first-order valence-electron chi connectivity index (χ1n) is 5.01. The molecule has 0 radical (unpaired) electrons. The lowest BCUT2D eigenvalue weighted by Crippen LogP contribution is -2.05. The number of ether oxygens (including phenoxy) is 1. The quantitative estimate of drug-likeness (QED) is 0.803. The number of hydrogen-bond donors (Lipinski definition) is 0. The second-order valence-electron chi connectivity index (χ2n) is 3.21. The number of rotatable bonds is 4. The zero-order valence-electron chi connectivity index (χ0n) is 9.10. The van der Waals surface area contributed by atoms with E-state index in [0.717, 1.165) is 0 Å². The van der Waals surface area contributed by atoms with E-state index in [4.69, 9.17) is 27.9 Å². The van der Waals surface area contributed by atoms with E-state index in [-0.39, 0.29) is 0 Å². The fourth-order valence-corrected chi connectivity index (χ4v) is 1.58. The first-order chi connectivity index (χ1) is 8.19. The van der Waals surface area contributed by atoms with E-state index in [1.165, 1.54) is 10.9 Å². The Morgan fingerprint density at radius 2 is 2.18 bits per heavy atom. The van der Waals surface area contributed by atoms with Crippen molar-refractivity contribution in [1.82, 2.24) is 19.7 Å². The van der Waals surface area contributed by atoms with Crippen molar-refractivity contribution < 1.29 is 4.74 Å². The fourth-order valence-electron chi connectivity index (χ4n) is 1.25. The van der Waals surface area contributed by atoms with Crippen molar-refractivity contribution in [1.29, 1.82) is 0 Å². The van der Waals surface area contributed by atoms with Gasteiger partial charge in [-0.25, -0.2) is 14.6 Å². The van der Waals surface area contributed by atoms with Crippen LogP contribution in [0.3, 0.4) is 0 Å². The summed E-state index contributed by atoms with van der Waals surface area (Å²) in [5.74, 6) is 1.08. The summed E-state index contributed by atoms with van der Waals surface area (Å²) < 4.78 is 6.76. The van der Waals surface area contributed by atoms with Gasteiger partial charge in [0.15, 0.2) is 11.6 Å². The molecule has 0 spiro atoms. The Morgan fingerprint density at radius 3 is 2.82 bits per heavy atom. The summed E-state index contributed by atoms with van der Waals surface area (Å²) in [6.07, 6.45) is 3.17. The lowest BCUT2D eigenvalue weighted by molar-refractivity contribution is 0.128. The standard InChI is InChI=1S/C10H10Cl2N4O/c1-2-17-6-9-14-8(12)3-10(15-9)16-5-7(11)4-13-16/h3-5H,2,6H2,1H3. The fraction of sp³-hybridized carbons (Fsp3) is 0.300. The summed E-state index contributed by atoms with van der Waals surface area (Å²) >= 11 is 11.7. The molecule has 0 fully saturated rings. The third-order valence-electron chi connectivity index (χ3n) is 1.95. The van der Waals surface area contributed by atoms with Crippen LogP contribution in [0.15, 0.2) is 18.5 Å². The van der Waals surface area contributed by atoms with E-state index >= 15 is 0 Å². The largest absolute Gasteiger partial charge is 0.374 e. The van der Waals surface area contributed by atoms with Crippen LogP contribution in [-0.4, -0.2) is 26.4 Å². The van der Waals surface area contributed by atoms with Crippen LogP contribution in [-0.2, 0) is 11.3 Å². The molecule has 2 aromatic rings. The van der Waals surface area contributed by atoms with E-state index in [1.807, 2.05) is 6.92 Å². The lowest BCUT2D eigenvalue weighted by atomic mass is 10.5. The van der Waals surface area contributed by atoms with Crippen molar-refractivity contribution in [3.8, 4) is 5.82 Å². The molecule has 0 aromatic carbocycles. The van der Waals surface area contributed by atoms with E-state index in [2.05, 4.69) is 15.1 Å². The van der Waals surface area contributed by atoms with Gasteiger partial charge in [0.25, 0.3) is 0 Å². The summed E-state index contributed by atoms with van der Waals surface area (Å²) in [4.78, 5) is 8.33. The zero-order valence-corrected chi connectivity index (χ0v) is 10.6. The minimum Gasteiger partial charge on any atom is -0.374 e. The number of nitrogens with zero attached hydrogens (tertiary/aromatic N) is 4. The van der Waals surface area contributed by atoms with Crippen LogP contribution in [0.25, 0.3) is 5.82 Å². The van der Waals surface area contributed by atoms with Gasteiger partial charge in [0, 0.05) is 12.7 Å². The van der Waals surface area contributed by atoms with Gasteiger partial charge in [-0.1, -0.05) is 23.2 Å². The Labute approximate surface area is 108 Å². The summed E-state index contributed by atoms with van der Waals surface area (Å²) in [6, 6.07) is 1.61. The van der Waals surface area contributed by atoms with Crippen molar-refractivity contribution in [2.24, 2.45) is 0 Å². The third kappa shape index (κ3) is 3.15. The van der Waals surface area contributed by atoms with Gasteiger partial charge in [-0.15, -0.1) is 0 Å². The van der Waals surface area contributed by atoms with E-state index in [0.29, 0.717) is 35.0 Å². The number of hydrogen-bond acceptors (Lipinski definition) is 4. The number of aromatic nitrogens is 4. The maximum atomic E-state index is 5.90. The Balaban J connectivity index is 2.31. The van der Waals surface area contributed by atoms with Crippen LogP contribution < -0.4 is 0 Å². The van der Waals surface area contributed by atoms with Crippen molar-refractivity contribution in [3.63, 3.8) is 0 Å². The highest BCUT2D eigenvalue weighted by Gasteiger charge is 2.06. The Kier molecular flexibility index (Phi) is 3.93. The van der Waals surface area contributed by atoms with E-state index in [1.54, 1.807) is 12.3 Å². The average Bonchev–Trinajstić information content (AvgIpc) is 2.72. The van der Waals surface area contributed by atoms with Gasteiger partial charge in [-0.05, 0) is 6.92 Å². The van der Waals surface area contributed by atoms with Crippen molar-refractivity contribution in [2.45, 2.75) is 13.5 Å². The highest BCUT2D eigenvalue weighted by atomic mass is 35.5. The molecular formula is C10H10Cl2N4O. The molecule has 0 atom stereocenters. The monoisotopic (exact) mass is 272 g/mol. The summed E-state index contributed by atoms with van der Waals surface area (Å²) in [6.45, 7) is 2.82. The molecule has 0 unspecified atom stereocenters. The molecule has 2 aromatic heterocycles. The topological polar surface area (TPSA) is 52.8 Å². The summed E-state index contributed by atoms with van der Waals surface area (Å²) in [5, 5.41) is 4.92. The Hall–Kier alpha value is -1.17. The van der Waals surface area contributed by atoms with E-state index in [9.17, 15) is 0 Å². The van der Waals surface area contributed by atoms with Gasteiger partial charge < -0.3 is 4.74 Å². The van der Waals surface area contributed by atoms with E-state index < -0.39 is 0 Å². The van der Waals surface area contributed by atoms with Crippen LogP contribution >= 0.6 is 23.2 Å². The SMILES string of the molecule is CCOCc1nc(Cl)cc(-n2cc(Cl)cn2)n1. The molecule has 0 aliphatic rings. The molecular weight excluding hydrogens is 263 g/mol. The molecule has 7 heteroatoms. The molecule has 90 valence electrons. The predicted octanol–water partition coefficient (Wildman–Crippen LogP) is 2.51. The van der Waals surface area contributed by atoms with Gasteiger partial charge in [0.2, 0.25) is 0 Å². The third-order valence-corrected chi connectivity index (χ3v) is 2.34. The molecule has 17 heavy (non-hydrogen) atoms. The van der Waals surface area contributed by atoms with Gasteiger partial charge in [0.05, 0.1) is 17.4 Å². The molecule has 0 saturated heterocycles. The normalized spacial score (nSPS) is 10.8. The molecule has 0 bridgehead atoms. The van der Waals surface area contributed by atoms with Crippen molar-refractivity contribution in [3.05, 3.63) is 34.5 Å². The van der Waals surface area contributed by atoms with Gasteiger partial charge in [-0.2, -0.15) is 5.10 Å². The Bertz CT molecular complexity index is 515. The van der Waals surface area contributed by atoms with Crippen molar-refractivity contribution in [2.75, 3.05) is 6.61 Å². The molecule has 5 nitrogen and oxygen atoms in total. The summed E-state index contributed by atoms with van der Waals surface area (Å²) in [7, 11) is 0. The highest BCUT2D eigenvalue weighted by Crippen LogP contribution is 2.14. The highest BCUT2D eigenvalue weighted by molar-refractivity contribution is 6.30. The molecule has 0 aliphatic heterocycles. The Morgan fingerprint density at radius 1 is 1.35 bits per heavy atom. The molecule has 2 heterocycles. The lowest BCUT2D eigenvalue weighted by Gasteiger charge is -2.04. The van der Waals surface area contributed by atoms with Crippen LogP contribution in [0, 0.1) is 0 Å². The van der Waals surface area contributed by atoms with Crippen molar-refractivity contribution >= 4 is 23.2 Å². The van der Waals surface area contributed by atoms with Gasteiger partial charge >= 0.3 is 0 Å². The minimum atomic E-state index is 0.319. The maximum absolute atomic E-state index is 5.90. The predicted molar refractivity (Wildman–Crippen MR) is 64.5 cm³/mol. The van der Waals surface area contributed by atoms with Gasteiger partial charge in [0.1, 0.15) is 11.8 Å². The van der Waals surface area contributed by atoms with Gasteiger partial charge in [-0.3, -0.25) is 0 Å².